The van der Waals surface area contributed by atoms with E-state index in [1.54, 1.807) is 24.3 Å². The van der Waals surface area contributed by atoms with Gasteiger partial charge < -0.3 is 15.7 Å². The Labute approximate surface area is 182 Å². The van der Waals surface area contributed by atoms with E-state index < -0.39 is 11.0 Å². The zero-order valence-corrected chi connectivity index (χ0v) is 17.1. The Kier molecular flexibility index (Phi) is 8.64. The van der Waals surface area contributed by atoms with E-state index in [0.717, 1.165) is 0 Å². The number of hydrogen-bond acceptors (Lipinski definition) is 6. The van der Waals surface area contributed by atoms with Gasteiger partial charge in [-0.2, -0.15) is 0 Å². The van der Waals surface area contributed by atoms with Crippen molar-refractivity contribution in [2.45, 2.75) is 19.3 Å². The molecule has 0 aliphatic rings. The number of allylic oxidation sites excluding steroid dienone is 1. The Hall–Kier alpha value is -3.79. The molecule has 3 N–H and O–H groups in total. The molecule has 2 aromatic rings. The fourth-order valence-electron chi connectivity index (χ4n) is 2.53. The number of halogens is 1. The summed E-state index contributed by atoms with van der Waals surface area (Å²) in [7, 11) is 0. The number of nitro benzene ring substituents is 1. The zero-order chi connectivity index (χ0) is 22.8. The van der Waals surface area contributed by atoms with Gasteiger partial charge in [-0.25, -0.2) is 4.79 Å². The van der Waals surface area contributed by atoms with Crippen LogP contribution in [0.2, 0.25) is 5.15 Å². The van der Waals surface area contributed by atoms with Crippen LogP contribution in [0.3, 0.4) is 0 Å². The van der Waals surface area contributed by atoms with Crippen molar-refractivity contribution in [2.75, 3.05) is 11.9 Å². The van der Waals surface area contributed by atoms with E-state index in [0.29, 0.717) is 29.7 Å². The molecule has 0 atom stereocenters. The van der Waals surface area contributed by atoms with Gasteiger partial charge in [-0.1, -0.05) is 29.8 Å². The predicted octanol–water partition coefficient (Wildman–Crippen LogP) is 4.28. The third kappa shape index (κ3) is 7.19. The van der Waals surface area contributed by atoms with Crippen LogP contribution in [-0.4, -0.2) is 38.8 Å². The summed E-state index contributed by atoms with van der Waals surface area (Å²) in [6.45, 7) is 3.80. The van der Waals surface area contributed by atoms with Gasteiger partial charge in [0.25, 0.3) is 5.69 Å². The summed E-state index contributed by atoms with van der Waals surface area (Å²) >= 11 is 6.09. The van der Waals surface area contributed by atoms with Crippen LogP contribution in [0.4, 0.5) is 16.2 Å². The summed E-state index contributed by atoms with van der Waals surface area (Å²) in [5.74, 6) is -0.324. The van der Waals surface area contributed by atoms with Crippen molar-refractivity contribution >= 4 is 41.1 Å². The second-order valence-corrected chi connectivity index (χ2v) is 6.62. The van der Waals surface area contributed by atoms with Gasteiger partial charge in [-0.05, 0) is 25.0 Å². The fourth-order valence-corrected chi connectivity index (χ4v) is 2.69. The van der Waals surface area contributed by atoms with Gasteiger partial charge in [0.1, 0.15) is 0 Å². The molecular weight excluding hydrogens is 426 g/mol. The van der Waals surface area contributed by atoms with Crippen molar-refractivity contribution in [3.05, 3.63) is 63.8 Å². The average molecular weight is 446 g/mol. The molecule has 31 heavy (non-hydrogen) atoms. The first-order chi connectivity index (χ1) is 14.8. The fraction of sp³-hybridized carbons (Fsp3) is 0.200. The van der Waals surface area contributed by atoms with E-state index in [2.05, 4.69) is 27.4 Å². The predicted molar refractivity (Wildman–Crippen MR) is 117 cm³/mol. The smallest absolute Gasteiger partial charge is 0.404 e. The lowest BCUT2D eigenvalue weighted by Gasteiger charge is -2.11. The minimum absolute atomic E-state index is 0.129. The Balaban J connectivity index is 2.34. The molecule has 10 nitrogen and oxygen atoms in total. The van der Waals surface area contributed by atoms with Gasteiger partial charge in [0.15, 0.2) is 5.15 Å². The average Bonchev–Trinajstić information content (AvgIpc) is 2.73. The van der Waals surface area contributed by atoms with Crippen molar-refractivity contribution in [3.8, 4) is 11.3 Å². The number of nitrogens with one attached hydrogen (secondary N) is 2. The minimum Gasteiger partial charge on any atom is -0.465 e. The van der Waals surface area contributed by atoms with Crippen LogP contribution < -0.4 is 10.6 Å². The quantitative estimate of drug-likeness (QED) is 0.214. The van der Waals surface area contributed by atoms with Gasteiger partial charge in [-0.15, -0.1) is 16.8 Å². The summed E-state index contributed by atoms with van der Waals surface area (Å²) in [5.41, 5.74) is 1.34. The second kappa shape index (κ2) is 11.4. The number of carbonyl (C=O) groups is 2. The number of non-ortho nitro benzene ring substituents is 1. The van der Waals surface area contributed by atoms with Crippen molar-refractivity contribution in [2.24, 2.45) is 0 Å². The monoisotopic (exact) mass is 445 g/mol. The maximum Gasteiger partial charge on any atom is 0.404 e. The summed E-state index contributed by atoms with van der Waals surface area (Å²) in [4.78, 5) is 33.2. The summed E-state index contributed by atoms with van der Waals surface area (Å²) in [6.07, 6.45) is 4.94. The van der Waals surface area contributed by atoms with Crippen LogP contribution in [0.15, 0.2) is 43.0 Å². The van der Waals surface area contributed by atoms with Gasteiger partial charge in [0.2, 0.25) is 5.91 Å². The third-order valence-electron chi connectivity index (χ3n) is 4.00. The number of amides is 2. The number of carbonyl (C=O) groups excluding carboxylic acids is 1. The van der Waals surface area contributed by atoms with Gasteiger partial charge in [0, 0.05) is 36.2 Å². The third-order valence-corrected chi connectivity index (χ3v) is 4.29. The standard InChI is InChI=1S/C20H20ClN5O5/c1-2-3-7-18(27)23-16-12-14(26(30)31)8-9-15(16)17-11-13(19(21)25-24-17)6-4-5-10-22-20(28)29/h2,4,6,8-9,11-12,22H,1,3,5,7,10H2,(H,23,27)(H,28,29). The molecule has 0 bridgehead atoms. The molecule has 1 heterocycles. The lowest BCUT2D eigenvalue weighted by Crippen LogP contribution is -2.21. The number of benzene rings is 1. The highest BCUT2D eigenvalue weighted by Crippen LogP contribution is 2.32. The number of hydrogen-bond donors (Lipinski definition) is 3. The summed E-state index contributed by atoms with van der Waals surface area (Å²) in [5, 5.41) is 32.7. The summed E-state index contributed by atoms with van der Waals surface area (Å²) < 4.78 is 0. The number of aromatic nitrogens is 2. The van der Waals surface area contributed by atoms with Crippen LogP contribution in [0.25, 0.3) is 17.3 Å². The number of nitro groups is 1. The number of carboxylic acid groups (broad SMARTS) is 1. The molecule has 2 amide bonds. The van der Waals surface area contributed by atoms with Crippen molar-refractivity contribution in [1.29, 1.82) is 0 Å². The van der Waals surface area contributed by atoms with Gasteiger partial charge in [-0.3, -0.25) is 14.9 Å². The Morgan fingerprint density at radius 2 is 2.03 bits per heavy atom. The molecule has 0 spiro atoms. The number of rotatable bonds is 10. The Bertz CT molecular complexity index is 1030. The highest BCUT2D eigenvalue weighted by molar-refractivity contribution is 6.30. The molecule has 11 heteroatoms. The largest absolute Gasteiger partial charge is 0.465 e. The van der Waals surface area contributed by atoms with Crippen LogP contribution in [0.1, 0.15) is 24.8 Å². The Morgan fingerprint density at radius 1 is 1.26 bits per heavy atom. The normalized spacial score (nSPS) is 10.6. The Morgan fingerprint density at radius 3 is 2.71 bits per heavy atom. The molecular formula is C20H20ClN5O5. The molecule has 0 radical (unpaired) electrons. The first-order valence-electron chi connectivity index (χ1n) is 9.18. The van der Waals surface area contributed by atoms with Crippen LogP contribution >= 0.6 is 11.6 Å². The van der Waals surface area contributed by atoms with Gasteiger partial charge in [0.05, 0.1) is 16.3 Å². The molecule has 1 aromatic carbocycles. The van der Waals surface area contributed by atoms with Crippen molar-refractivity contribution < 1.29 is 19.6 Å². The molecule has 2 rings (SSSR count). The van der Waals surface area contributed by atoms with Crippen LogP contribution in [-0.2, 0) is 4.79 Å². The van der Waals surface area contributed by atoms with Crippen LogP contribution in [0, 0.1) is 10.1 Å². The zero-order valence-electron chi connectivity index (χ0n) is 16.4. The van der Waals surface area contributed by atoms with E-state index in [-0.39, 0.29) is 35.4 Å². The van der Waals surface area contributed by atoms with Crippen molar-refractivity contribution in [3.63, 3.8) is 0 Å². The highest BCUT2D eigenvalue weighted by Gasteiger charge is 2.16. The highest BCUT2D eigenvalue weighted by atomic mass is 35.5. The molecule has 1 aromatic heterocycles. The molecule has 0 aliphatic heterocycles. The molecule has 0 aliphatic carbocycles. The maximum absolute atomic E-state index is 12.2. The van der Waals surface area contributed by atoms with E-state index >= 15 is 0 Å². The molecule has 162 valence electrons. The van der Waals surface area contributed by atoms with Gasteiger partial charge >= 0.3 is 6.09 Å². The SMILES string of the molecule is C=CCCC(=O)Nc1cc([N+](=O)[O-])ccc1-c1cc(C=CCCNC(=O)O)c(Cl)nn1. The number of nitrogens with zero attached hydrogens (tertiary/aromatic N) is 3. The topological polar surface area (TPSA) is 147 Å². The number of anilines is 1. The van der Waals surface area contributed by atoms with Crippen molar-refractivity contribution in [1.82, 2.24) is 15.5 Å². The summed E-state index contributed by atoms with van der Waals surface area (Å²) in [6, 6.07) is 5.66. The molecule has 0 fully saturated rings. The van der Waals surface area contributed by atoms with Crippen LogP contribution in [0.5, 0.6) is 0 Å². The maximum atomic E-state index is 12.2. The van der Waals surface area contributed by atoms with E-state index in [1.165, 1.54) is 18.2 Å². The molecule has 0 saturated carbocycles. The lowest BCUT2D eigenvalue weighted by molar-refractivity contribution is -0.384. The second-order valence-electron chi connectivity index (χ2n) is 6.26. The van der Waals surface area contributed by atoms with E-state index in [1.807, 2.05) is 0 Å². The minimum atomic E-state index is -1.11. The molecule has 0 unspecified atom stereocenters. The first kappa shape index (κ1) is 23.5. The molecule has 0 saturated heterocycles. The first-order valence-corrected chi connectivity index (χ1v) is 9.55. The lowest BCUT2D eigenvalue weighted by atomic mass is 10.1. The van der Waals surface area contributed by atoms with E-state index in [4.69, 9.17) is 16.7 Å². The van der Waals surface area contributed by atoms with E-state index in [9.17, 15) is 19.7 Å².